The molecule has 1 aromatic rings. The Morgan fingerprint density at radius 2 is 1.46 bits per heavy atom. The molecule has 0 N–H and O–H groups in total. The van der Waals surface area contributed by atoms with Crippen LogP contribution in [0.5, 0.6) is 11.5 Å². The van der Waals surface area contributed by atoms with Crippen LogP contribution in [0.25, 0.3) is 0 Å². The number of hydrogen-bond donors (Lipinski definition) is 0. The second kappa shape index (κ2) is 7.96. The third kappa shape index (κ3) is 8.72. The van der Waals surface area contributed by atoms with Crippen molar-refractivity contribution in [1.82, 2.24) is 0 Å². The van der Waals surface area contributed by atoms with Crippen molar-refractivity contribution in [2.75, 3.05) is 19.8 Å². The maximum Gasteiger partial charge on any atom is 0.422 e. The smallest absolute Gasteiger partial charge is 0.422 e. The first kappa shape index (κ1) is 21.8. The Bertz CT molecular complexity index is 619. The zero-order chi connectivity index (χ0) is 20.2. The number of hydrogen-bond acceptors (Lipinski definition) is 4. The number of alkyl halides is 8. The fraction of sp³-hybridized carbons (Fsp3) is 0.500. The summed E-state index contributed by atoms with van der Waals surface area (Å²) in [5, 5.41) is 0. The van der Waals surface area contributed by atoms with Gasteiger partial charge in [0.1, 0.15) is 17.1 Å². The van der Waals surface area contributed by atoms with Crippen LogP contribution in [0.2, 0.25) is 0 Å². The number of esters is 1. The van der Waals surface area contributed by atoms with E-state index in [9.17, 15) is 39.9 Å². The molecule has 0 bridgehead atoms. The second-order valence-electron chi connectivity index (χ2n) is 5.11. The molecule has 0 spiro atoms. The lowest BCUT2D eigenvalue weighted by Crippen LogP contribution is -2.23. The molecule has 0 saturated carbocycles. The molecule has 0 atom stereocenters. The van der Waals surface area contributed by atoms with E-state index in [0.29, 0.717) is 13.0 Å². The van der Waals surface area contributed by atoms with Crippen molar-refractivity contribution in [1.29, 1.82) is 0 Å². The summed E-state index contributed by atoms with van der Waals surface area (Å²) in [5.41, 5.74) is -0.793. The van der Waals surface area contributed by atoms with Gasteiger partial charge in [-0.2, -0.15) is 26.3 Å². The van der Waals surface area contributed by atoms with Crippen molar-refractivity contribution in [3.63, 3.8) is 0 Å². The molecule has 0 aliphatic heterocycles. The number of carbonyl (C=O) groups excluding carboxylic acids is 1. The number of rotatable bonds is 7. The van der Waals surface area contributed by atoms with Gasteiger partial charge in [0.25, 0.3) is 5.92 Å². The second-order valence-corrected chi connectivity index (χ2v) is 5.11. The van der Waals surface area contributed by atoms with Crippen LogP contribution in [-0.2, 0) is 4.74 Å². The summed E-state index contributed by atoms with van der Waals surface area (Å²) < 4.78 is 111. The highest BCUT2D eigenvalue weighted by atomic mass is 19.4. The Hall–Kier alpha value is -2.27. The molecule has 1 aromatic carbocycles. The first-order valence-corrected chi connectivity index (χ1v) is 6.74. The van der Waals surface area contributed by atoms with Gasteiger partial charge < -0.3 is 14.2 Å². The Balaban J connectivity index is 3.02. The highest BCUT2D eigenvalue weighted by molar-refractivity contribution is 5.93. The van der Waals surface area contributed by atoms with Crippen LogP contribution in [0.1, 0.15) is 17.3 Å². The third-order valence-electron chi connectivity index (χ3n) is 2.42. The summed E-state index contributed by atoms with van der Waals surface area (Å²) in [5.74, 6) is -6.11. The fourth-order valence-corrected chi connectivity index (χ4v) is 1.48. The predicted molar refractivity (Wildman–Crippen MR) is 70.4 cm³/mol. The van der Waals surface area contributed by atoms with Crippen molar-refractivity contribution >= 4 is 5.97 Å². The molecule has 0 aliphatic carbocycles. The lowest BCUT2D eigenvalue weighted by Gasteiger charge is -2.16. The van der Waals surface area contributed by atoms with Gasteiger partial charge in [-0.1, -0.05) is 0 Å². The first-order valence-electron chi connectivity index (χ1n) is 6.74. The van der Waals surface area contributed by atoms with E-state index in [1.54, 1.807) is 0 Å². The molecule has 0 fully saturated rings. The molecule has 148 valence electrons. The van der Waals surface area contributed by atoms with E-state index in [1.165, 1.54) is 0 Å². The average molecular weight is 396 g/mol. The lowest BCUT2D eigenvalue weighted by molar-refractivity contribution is -0.161. The monoisotopic (exact) mass is 396 g/mol. The fourth-order valence-electron chi connectivity index (χ4n) is 1.48. The molecule has 0 amide bonds. The highest BCUT2D eigenvalue weighted by Gasteiger charge is 2.32. The van der Waals surface area contributed by atoms with Gasteiger partial charge in [-0.25, -0.2) is 13.6 Å². The standard InChI is InChI=1S/C14H12F8O4/c1-12(15,16)5-25-10-3-2-8(24-6-13(17,18)19)4-9(10)11(23)26-7-14(20,21)22/h2-4H,5-7H2,1H3. The van der Waals surface area contributed by atoms with Gasteiger partial charge in [0.15, 0.2) is 19.8 Å². The minimum Gasteiger partial charge on any atom is -0.486 e. The molecule has 0 unspecified atom stereocenters. The zero-order valence-electron chi connectivity index (χ0n) is 13.0. The number of ether oxygens (including phenoxy) is 3. The van der Waals surface area contributed by atoms with E-state index in [4.69, 9.17) is 0 Å². The Morgan fingerprint density at radius 3 is 1.96 bits per heavy atom. The van der Waals surface area contributed by atoms with Crippen molar-refractivity contribution in [3.8, 4) is 11.5 Å². The average Bonchev–Trinajstić information content (AvgIpc) is 2.46. The summed E-state index contributed by atoms with van der Waals surface area (Å²) in [6.07, 6.45) is -9.58. The predicted octanol–water partition coefficient (Wildman–Crippen LogP) is 4.38. The van der Waals surface area contributed by atoms with Crippen molar-refractivity contribution < 1.29 is 54.1 Å². The maximum absolute atomic E-state index is 12.8. The molecule has 4 nitrogen and oxygen atoms in total. The third-order valence-corrected chi connectivity index (χ3v) is 2.42. The van der Waals surface area contributed by atoms with Crippen LogP contribution < -0.4 is 9.47 Å². The van der Waals surface area contributed by atoms with Crippen LogP contribution in [-0.4, -0.2) is 44.1 Å². The molecule has 0 aliphatic rings. The summed E-state index contributed by atoms with van der Waals surface area (Å²) in [4.78, 5) is 11.7. The topological polar surface area (TPSA) is 44.8 Å². The van der Waals surface area contributed by atoms with Gasteiger partial charge >= 0.3 is 18.3 Å². The number of carbonyl (C=O) groups is 1. The summed E-state index contributed by atoms with van der Waals surface area (Å²) in [6.45, 7) is -4.47. The molecular weight excluding hydrogens is 384 g/mol. The van der Waals surface area contributed by atoms with E-state index >= 15 is 0 Å². The van der Waals surface area contributed by atoms with Crippen LogP contribution in [0.15, 0.2) is 18.2 Å². The molecule has 0 radical (unpaired) electrons. The summed E-state index contributed by atoms with van der Waals surface area (Å²) in [6, 6.07) is 2.28. The van der Waals surface area contributed by atoms with E-state index < -0.39 is 61.1 Å². The van der Waals surface area contributed by atoms with Crippen LogP contribution in [0.4, 0.5) is 35.1 Å². The molecular formula is C14H12F8O4. The summed E-state index contributed by atoms with van der Waals surface area (Å²) in [7, 11) is 0. The van der Waals surface area contributed by atoms with Crippen LogP contribution >= 0.6 is 0 Å². The molecule has 1 rings (SSSR count). The lowest BCUT2D eigenvalue weighted by atomic mass is 10.2. The van der Waals surface area contributed by atoms with Gasteiger partial charge in [-0.3, -0.25) is 0 Å². The first-order chi connectivity index (χ1) is 11.7. The quantitative estimate of drug-likeness (QED) is 0.507. The maximum atomic E-state index is 12.8. The SMILES string of the molecule is CC(F)(F)COc1ccc(OCC(F)(F)F)cc1C(=O)OCC(F)(F)F. The molecule has 26 heavy (non-hydrogen) atoms. The van der Waals surface area contributed by atoms with Crippen molar-refractivity contribution in [2.24, 2.45) is 0 Å². The van der Waals surface area contributed by atoms with E-state index in [-0.39, 0.29) is 0 Å². The van der Waals surface area contributed by atoms with Crippen molar-refractivity contribution in [3.05, 3.63) is 23.8 Å². The molecule has 12 heteroatoms. The zero-order valence-corrected chi connectivity index (χ0v) is 13.0. The number of benzene rings is 1. The van der Waals surface area contributed by atoms with Gasteiger partial charge in [-0.15, -0.1) is 0 Å². The Morgan fingerprint density at radius 1 is 0.885 bits per heavy atom. The summed E-state index contributed by atoms with van der Waals surface area (Å²) >= 11 is 0. The van der Waals surface area contributed by atoms with E-state index in [2.05, 4.69) is 14.2 Å². The minimum absolute atomic E-state index is 0.482. The molecule has 0 heterocycles. The molecule has 0 aromatic heterocycles. The normalized spacial score (nSPS) is 12.7. The Kier molecular flexibility index (Phi) is 6.66. The van der Waals surface area contributed by atoms with Crippen LogP contribution in [0, 0.1) is 0 Å². The largest absolute Gasteiger partial charge is 0.486 e. The number of halogens is 8. The van der Waals surface area contributed by atoms with Crippen molar-refractivity contribution in [2.45, 2.75) is 25.2 Å². The molecule has 0 saturated heterocycles. The van der Waals surface area contributed by atoms with Gasteiger partial charge in [-0.05, 0) is 18.2 Å². The highest BCUT2D eigenvalue weighted by Crippen LogP contribution is 2.28. The van der Waals surface area contributed by atoms with Gasteiger partial charge in [0.2, 0.25) is 0 Å². The van der Waals surface area contributed by atoms with Crippen LogP contribution in [0.3, 0.4) is 0 Å². The van der Waals surface area contributed by atoms with E-state index in [1.807, 2.05) is 0 Å². The Labute approximate surface area is 141 Å². The van der Waals surface area contributed by atoms with Gasteiger partial charge in [0.05, 0.1) is 0 Å². The van der Waals surface area contributed by atoms with E-state index in [0.717, 1.165) is 12.1 Å². The minimum atomic E-state index is -4.86. The van der Waals surface area contributed by atoms with Gasteiger partial charge in [0, 0.05) is 6.92 Å².